The van der Waals surface area contributed by atoms with E-state index < -0.39 is 10.1 Å². The summed E-state index contributed by atoms with van der Waals surface area (Å²) in [6, 6.07) is 0. The molecule has 0 radical (unpaired) electrons. The third kappa shape index (κ3) is 2.27. The fourth-order valence-corrected chi connectivity index (χ4v) is 9.58. The molecule has 0 N–H and O–H groups in total. The van der Waals surface area contributed by atoms with Crippen LogP contribution < -0.4 is 0 Å². The van der Waals surface area contributed by atoms with Crippen molar-refractivity contribution in [1.82, 2.24) is 0 Å². The summed E-state index contributed by atoms with van der Waals surface area (Å²) in [5, 5.41) is -0.260. The van der Waals surface area contributed by atoms with Gasteiger partial charge in [-0.3, -0.25) is 15.1 Å². The van der Waals surface area contributed by atoms with E-state index in [1.54, 1.807) is 0 Å². The summed E-state index contributed by atoms with van der Waals surface area (Å²) in [6.07, 6.45) is 5.69. The Labute approximate surface area is 134 Å². The third-order valence-corrected chi connectivity index (χ3v) is 10.7. The van der Waals surface area contributed by atoms with Crippen molar-refractivity contribution in [3.05, 3.63) is 0 Å². The predicted octanol–water partition coefficient (Wildman–Crippen LogP) is 1.42. The molecular formula is C15H24O5S2. The van der Waals surface area contributed by atoms with Crippen LogP contribution in [0.5, 0.6) is 0 Å². The van der Waals surface area contributed by atoms with E-state index in [2.05, 4.69) is 0 Å². The Morgan fingerprint density at radius 3 is 2.77 bits per heavy atom. The molecule has 3 aliphatic heterocycles. The van der Waals surface area contributed by atoms with Crippen LogP contribution in [0.4, 0.5) is 0 Å². The molecule has 0 aromatic carbocycles. The van der Waals surface area contributed by atoms with Gasteiger partial charge in [0.25, 0.3) is 10.1 Å². The molecule has 5 nitrogen and oxygen atoms in total. The van der Waals surface area contributed by atoms with Crippen LogP contribution in [0.2, 0.25) is 0 Å². The van der Waals surface area contributed by atoms with Gasteiger partial charge in [-0.25, -0.2) is 0 Å². The van der Waals surface area contributed by atoms with Gasteiger partial charge in [-0.1, -0.05) is 6.42 Å². The second kappa shape index (κ2) is 5.09. The molecule has 5 aliphatic rings. The van der Waals surface area contributed by atoms with E-state index in [4.69, 9.17) is 13.7 Å². The lowest BCUT2D eigenvalue weighted by atomic mass is 9.94. The minimum atomic E-state index is -3.33. The van der Waals surface area contributed by atoms with Crippen molar-refractivity contribution >= 4 is 21.0 Å². The van der Waals surface area contributed by atoms with E-state index in [0.29, 0.717) is 5.92 Å². The molecule has 2 aliphatic carbocycles. The van der Waals surface area contributed by atoms with Crippen LogP contribution in [0.25, 0.3) is 0 Å². The van der Waals surface area contributed by atoms with Crippen LogP contribution in [0.1, 0.15) is 32.1 Å². The zero-order valence-corrected chi connectivity index (χ0v) is 14.3. The molecule has 0 amide bonds. The Bertz CT molecular complexity index is 558. The van der Waals surface area contributed by atoms with Gasteiger partial charge in [0.05, 0.1) is 11.4 Å². The van der Waals surface area contributed by atoms with Crippen LogP contribution in [0.15, 0.2) is 0 Å². The maximum atomic E-state index is 11.9. The molecule has 7 atom stereocenters. The van der Waals surface area contributed by atoms with Gasteiger partial charge in [-0.15, -0.1) is 0 Å². The van der Waals surface area contributed by atoms with E-state index in [1.165, 1.54) is 36.5 Å². The molecular weight excluding hydrogens is 324 g/mol. The second-order valence-electron chi connectivity index (χ2n) is 7.49. The van der Waals surface area contributed by atoms with Crippen LogP contribution >= 0.6 is 10.9 Å². The van der Waals surface area contributed by atoms with E-state index in [1.807, 2.05) is 0 Å². The van der Waals surface area contributed by atoms with Crippen molar-refractivity contribution in [2.24, 2.45) is 11.8 Å². The summed E-state index contributed by atoms with van der Waals surface area (Å²) >= 11 is 0. The normalized spacial score (nSPS) is 53.1. The minimum Gasteiger partial charge on any atom is -0.344 e. The van der Waals surface area contributed by atoms with Gasteiger partial charge < -0.3 is 9.47 Å². The van der Waals surface area contributed by atoms with Crippen molar-refractivity contribution in [3.8, 4) is 0 Å². The minimum absolute atomic E-state index is 0.0624. The first kappa shape index (κ1) is 14.5. The quantitative estimate of drug-likeness (QED) is 0.473. The average molecular weight is 348 g/mol. The zero-order valence-electron chi connectivity index (χ0n) is 12.6. The van der Waals surface area contributed by atoms with Crippen LogP contribution in [-0.4, -0.2) is 55.5 Å². The third-order valence-electron chi connectivity index (χ3n) is 6.13. The summed E-state index contributed by atoms with van der Waals surface area (Å²) in [4.78, 5) is 0. The SMILES string of the molecule is O=S1(=O)OC2C3CC(CC31)C2OC1OC1C[SH]1CCCCC1. The Morgan fingerprint density at radius 1 is 1.14 bits per heavy atom. The van der Waals surface area contributed by atoms with Gasteiger partial charge in [0.2, 0.25) is 0 Å². The largest absolute Gasteiger partial charge is 0.344 e. The molecule has 3 saturated heterocycles. The van der Waals surface area contributed by atoms with Crippen molar-refractivity contribution in [1.29, 1.82) is 0 Å². The number of hydrogen-bond acceptors (Lipinski definition) is 5. The Balaban J connectivity index is 1.19. The van der Waals surface area contributed by atoms with Gasteiger partial charge in [0, 0.05) is 11.7 Å². The topological polar surface area (TPSA) is 65.1 Å². The fourth-order valence-electron chi connectivity index (χ4n) is 5.00. The standard InChI is InChI=1S/C15H24O5S2/c16-22(17)12-7-9-6-10(12)14(20-22)13(9)19-15-11(18-15)8-21-4-2-1-3-5-21/h9-15,21H,1-8H2. The fraction of sp³-hybridized carbons (Fsp3) is 1.00. The summed E-state index contributed by atoms with van der Waals surface area (Å²) in [5.74, 6) is 4.47. The van der Waals surface area contributed by atoms with Crippen molar-refractivity contribution in [3.63, 3.8) is 0 Å². The molecule has 7 heteroatoms. The zero-order chi connectivity index (χ0) is 14.9. The molecule has 2 saturated carbocycles. The van der Waals surface area contributed by atoms with Gasteiger partial charge in [0.1, 0.15) is 12.2 Å². The van der Waals surface area contributed by atoms with Crippen LogP contribution in [0.3, 0.4) is 0 Å². The molecule has 126 valence electrons. The molecule has 22 heavy (non-hydrogen) atoms. The highest BCUT2D eigenvalue weighted by atomic mass is 32.2. The molecule has 7 unspecified atom stereocenters. The number of fused-ring (bicyclic) bond motifs is 1. The molecule has 0 aromatic heterocycles. The number of epoxide rings is 1. The first-order valence-electron chi connectivity index (χ1n) is 8.57. The Hall–Kier alpha value is 0.180. The van der Waals surface area contributed by atoms with Crippen molar-refractivity contribution in [2.45, 2.75) is 62.0 Å². The monoisotopic (exact) mass is 348 g/mol. The smallest absolute Gasteiger partial charge is 0.270 e. The van der Waals surface area contributed by atoms with Gasteiger partial charge in [-0.2, -0.15) is 8.42 Å². The summed E-state index contributed by atoms with van der Waals surface area (Å²) < 4.78 is 41.1. The molecule has 0 spiro atoms. The Kier molecular flexibility index (Phi) is 3.36. The highest BCUT2D eigenvalue weighted by Crippen LogP contribution is 2.56. The highest BCUT2D eigenvalue weighted by Gasteiger charge is 2.65. The maximum Gasteiger partial charge on any atom is 0.270 e. The molecule has 2 bridgehead atoms. The van der Waals surface area contributed by atoms with Gasteiger partial charge >= 0.3 is 0 Å². The molecule has 5 rings (SSSR count). The first-order valence-corrected chi connectivity index (χ1v) is 11.9. The van der Waals surface area contributed by atoms with E-state index in [0.717, 1.165) is 12.8 Å². The van der Waals surface area contributed by atoms with Crippen LogP contribution in [0, 0.1) is 11.8 Å². The molecule has 0 aromatic rings. The molecule has 5 fully saturated rings. The van der Waals surface area contributed by atoms with E-state index in [-0.39, 0.29) is 46.7 Å². The van der Waals surface area contributed by atoms with E-state index in [9.17, 15) is 8.42 Å². The number of hydrogen-bond donors (Lipinski definition) is 1. The van der Waals surface area contributed by atoms with Crippen molar-refractivity contribution < 1.29 is 22.1 Å². The molecule has 3 heterocycles. The lowest BCUT2D eigenvalue weighted by Gasteiger charge is -2.26. The van der Waals surface area contributed by atoms with Crippen LogP contribution in [-0.2, 0) is 23.8 Å². The predicted molar refractivity (Wildman–Crippen MR) is 84.8 cm³/mol. The Morgan fingerprint density at radius 2 is 1.95 bits per heavy atom. The van der Waals surface area contributed by atoms with Gasteiger partial charge in [-0.05, 0) is 43.1 Å². The first-order chi connectivity index (χ1) is 10.6. The van der Waals surface area contributed by atoms with Crippen molar-refractivity contribution in [2.75, 3.05) is 17.3 Å². The lowest BCUT2D eigenvalue weighted by Crippen LogP contribution is -2.36. The second-order valence-corrected chi connectivity index (χ2v) is 11.9. The average Bonchev–Trinajstić information content (AvgIpc) is 2.88. The number of rotatable bonds is 4. The maximum absolute atomic E-state index is 11.9. The number of ether oxygens (including phenoxy) is 2. The lowest BCUT2D eigenvalue weighted by molar-refractivity contribution is -0.0768. The number of thiol groups is 1. The summed E-state index contributed by atoms with van der Waals surface area (Å²) in [6.45, 7) is 0. The summed E-state index contributed by atoms with van der Waals surface area (Å²) in [7, 11) is -3.19. The summed E-state index contributed by atoms with van der Waals surface area (Å²) in [5.41, 5.74) is 0. The van der Waals surface area contributed by atoms with Gasteiger partial charge in [0.15, 0.2) is 6.29 Å². The van der Waals surface area contributed by atoms with E-state index >= 15 is 0 Å². The highest BCUT2D eigenvalue weighted by molar-refractivity contribution is 8.17.